The van der Waals surface area contributed by atoms with E-state index in [1.165, 1.54) is 18.5 Å². The van der Waals surface area contributed by atoms with Crippen LogP contribution in [0.3, 0.4) is 0 Å². The first-order valence-electron chi connectivity index (χ1n) is 7.98. The van der Waals surface area contributed by atoms with Crippen molar-refractivity contribution in [3.05, 3.63) is 12.4 Å². The van der Waals surface area contributed by atoms with Gasteiger partial charge in [0, 0.05) is 13.2 Å². The van der Waals surface area contributed by atoms with Gasteiger partial charge in [0.25, 0.3) is 0 Å². The number of halogens is 2. The summed E-state index contributed by atoms with van der Waals surface area (Å²) in [5, 5.41) is 5.58. The molecule has 0 aromatic carbocycles. The highest BCUT2D eigenvalue weighted by Crippen LogP contribution is 2.29. The molecule has 0 atom stereocenters. The Morgan fingerprint density at radius 2 is 2.00 bits per heavy atom. The molecule has 0 fully saturated rings. The number of sulfone groups is 1. The predicted octanol–water partition coefficient (Wildman–Crippen LogP) is 2.82. The number of anilines is 1. The molecular weight excluding hydrogens is 384 g/mol. The Morgan fingerprint density at radius 3 is 2.48 bits per heavy atom. The van der Waals surface area contributed by atoms with Gasteiger partial charge in [0.05, 0.1) is 17.5 Å². The fourth-order valence-corrected chi connectivity index (χ4v) is 3.44. The SMILES string of the molecule is CCS(=O)(=O)c1c(NC(=O)OC(C)(C)C)nc(-c2cnn(C(F)F)c2)n1C. The van der Waals surface area contributed by atoms with Gasteiger partial charge in [-0.1, -0.05) is 6.92 Å². The molecule has 27 heavy (non-hydrogen) atoms. The molecule has 0 aliphatic heterocycles. The van der Waals surface area contributed by atoms with Crippen LogP contribution in [-0.4, -0.2) is 45.2 Å². The van der Waals surface area contributed by atoms with Gasteiger partial charge < -0.3 is 9.30 Å². The second-order valence-electron chi connectivity index (χ2n) is 6.67. The first-order valence-corrected chi connectivity index (χ1v) is 9.63. The minimum Gasteiger partial charge on any atom is -0.444 e. The highest BCUT2D eigenvalue weighted by atomic mass is 32.2. The molecular formula is C15H21F2N5O4S. The van der Waals surface area contributed by atoms with Crippen LogP contribution < -0.4 is 5.32 Å². The fourth-order valence-electron chi connectivity index (χ4n) is 2.28. The molecule has 0 radical (unpaired) electrons. The van der Waals surface area contributed by atoms with Crippen molar-refractivity contribution in [3.8, 4) is 11.4 Å². The highest BCUT2D eigenvalue weighted by Gasteiger charge is 2.29. The molecule has 0 saturated carbocycles. The predicted molar refractivity (Wildman–Crippen MR) is 93.3 cm³/mol. The molecule has 0 aliphatic carbocycles. The number of aromatic nitrogens is 4. The summed E-state index contributed by atoms with van der Waals surface area (Å²) in [4.78, 5) is 16.2. The Hall–Kier alpha value is -2.50. The summed E-state index contributed by atoms with van der Waals surface area (Å²) in [5.41, 5.74) is -0.633. The maximum atomic E-state index is 12.8. The zero-order valence-electron chi connectivity index (χ0n) is 15.5. The Kier molecular flexibility index (Phi) is 5.59. The number of nitrogens with one attached hydrogen (secondary N) is 1. The number of hydrogen-bond acceptors (Lipinski definition) is 6. The van der Waals surface area contributed by atoms with Crippen LogP contribution in [0, 0.1) is 0 Å². The van der Waals surface area contributed by atoms with Gasteiger partial charge >= 0.3 is 12.6 Å². The summed E-state index contributed by atoms with van der Waals surface area (Å²) in [6.07, 6.45) is 1.28. The fraction of sp³-hybridized carbons (Fsp3) is 0.533. The average molecular weight is 405 g/mol. The van der Waals surface area contributed by atoms with E-state index in [4.69, 9.17) is 4.74 Å². The van der Waals surface area contributed by atoms with E-state index in [2.05, 4.69) is 15.4 Å². The molecule has 2 aromatic rings. The third-order valence-electron chi connectivity index (χ3n) is 3.40. The van der Waals surface area contributed by atoms with Gasteiger partial charge in [-0.05, 0) is 20.8 Å². The lowest BCUT2D eigenvalue weighted by molar-refractivity contribution is 0.0566. The highest BCUT2D eigenvalue weighted by molar-refractivity contribution is 7.91. The topological polar surface area (TPSA) is 108 Å². The molecule has 0 unspecified atom stereocenters. The van der Waals surface area contributed by atoms with E-state index in [1.807, 2.05) is 0 Å². The standard InChI is InChI=1S/C15H21F2N5O4S/c1-6-27(24,25)12-10(20-14(23)26-15(2,3)4)19-11(21(12)5)9-7-18-22(8-9)13(16)17/h7-8,13H,6H2,1-5H3,(H,20,23). The normalized spacial score (nSPS) is 12.4. The van der Waals surface area contributed by atoms with Gasteiger partial charge in [-0.25, -0.2) is 22.9 Å². The minimum absolute atomic E-state index is 0.0555. The second kappa shape index (κ2) is 7.25. The Labute approximate surface area is 155 Å². The van der Waals surface area contributed by atoms with Crippen LogP contribution in [0.2, 0.25) is 0 Å². The number of carbonyl (C=O) groups excluding carboxylic acids is 1. The summed E-state index contributed by atoms with van der Waals surface area (Å²) in [6.45, 7) is 3.54. The number of carbonyl (C=O) groups is 1. The van der Waals surface area contributed by atoms with Crippen LogP contribution in [0.4, 0.5) is 19.4 Å². The molecule has 0 bridgehead atoms. The number of hydrogen-bond donors (Lipinski definition) is 1. The van der Waals surface area contributed by atoms with Crippen LogP contribution in [0.1, 0.15) is 34.2 Å². The van der Waals surface area contributed by atoms with Crippen molar-refractivity contribution < 1.29 is 26.7 Å². The third kappa shape index (κ3) is 4.62. The number of amides is 1. The summed E-state index contributed by atoms with van der Waals surface area (Å²) in [6, 6.07) is 0. The third-order valence-corrected chi connectivity index (χ3v) is 5.21. The molecule has 1 amide bonds. The zero-order chi connectivity index (χ0) is 20.6. The van der Waals surface area contributed by atoms with E-state index in [9.17, 15) is 22.0 Å². The first kappa shape index (κ1) is 20.8. The van der Waals surface area contributed by atoms with Crippen molar-refractivity contribution in [2.45, 2.75) is 44.9 Å². The molecule has 0 saturated heterocycles. The van der Waals surface area contributed by atoms with E-state index < -0.39 is 28.1 Å². The summed E-state index contributed by atoms with van der Waals surface area (Å²) in [7, 11) is -2.38. The van der Waals surface area contributed by atoms with Crippen LogP contribution in [0.25, 0.3) is 11.4 Å². The van der Waals surface area contributed by atoms with Crippen LogP contribution >= 0.6 is 0 Å². The van der Waals surface area contributed by atoms with Crippen LogP contribution in [0.15, 0.2) is 17.4 Å². The van der Waals surface area contributed by atoms with E-state index in [1.54, 1.807) is 20.8 Å². The summed E-state index contributed by atoms with van der Waals surface area (Å²) < 4.78 is 57.2. The minimum atomic E-state index is -3.79. The molecule has 12 heteroatoms. The lowest BCUT2D eigenvalue weighted by Crippen LogP contribution is -2.28. The molecule has 2 heterocycles. The Morgan fingerprint density at radius 1 is 1.37 bits per heavy atom. The zero-order valence-corrected chi connectivity index (χ0v) is 16.3. The molecule has 2 aromatic heterocycles. The van der Waals surface area contributed by atoms with Crippen molar-refractivity contribution in [2.24, 2.45) is 7.05 Å². The van der Waals surface area contributed by atoms with Crippen LogP contribution in [-0.2, 0) is 21.6 Å². The number of rotatable bonds is 5. The van der Waals surface area contributed by atoms with E-state index >= 15 is 0 Å². The first-order chi connectivity index (χ1) is 12.4. The van der Waals surface area contributed by atoms with Gasteiger partial charge in [-0.2, -0.15) is 13.9 Å². The van der Waals surface area contributed by atoms with Gasteiger partial charge in [0.2, 0.25) is 0 Å². The van der Waals surface area contributed by atoms with Crippen LogP contribution in [0.5, 0.6) is 0 Å². The van der Waals surface area contributed by atoms with Crippen molar-refractivity contribution in [1.29, 1.82) is 0 Å². The molecule has 9 nitrogen and oxygen atoms in total. The van der Waals surface area contributed by atoms with Gasteiger partial charge in [-0.15, -0.1) is 0 Å². The monoisotopic (exact) mass is 405 g/mol. The molecule has 1 N–H and O–H groups in total. The lowest BCUT2D eigenvalue weighted by atomic mass is 10.2. The number of alkyl halides is 2. The molecule has 150 valence electrons. The maximum absolute atomic E-state index is 12.8. The Bertz CT molecular complexity index is 944. The number of ether oxygens (including phenoxy) is 1. The molecule has 0 spiro atoms. The molecule has 0 aliphatic rings. The van der Waals surface area contributed by atoms with E-state index in [0.717, 1.165) is 12.4 Å². The quantitative estimate of drug-likeness (QED) is 0.819. The molecule has 2 rings (SSSR count). The van der Waals surface area contributed by atoms with Crippen molar-refractivity contribution >= 4 is 21.7 Å². The number of imidazole rings is 1. The van der Waals surface area contributed by atoms with Gasteiger partial charge in [-0.3, -0.25) is 5.32 Å². The van der Waals surface area contributed by atoms with Crippen molar-refractivity contribution in [3.63, 3.8) is 0 Å². The summed E-state index contributed by atoms with van der Waals surface area (Å²) >= 11 is 0. The van der Waals surface area contributed by atoms with Crippen molar-refractivity contribution in [2.75, 3.05) is 11.1 Å². The summed E-state index contributed by atoms with van der Waals surface area (Å²) in [5.74, 6) is -0.431. The van der Waals surface area contributed by atoms with Crippen molar-refractivity contribution in [1.82, 2.24) is 19.3 Å². The largest absolute Gasteiger partial charge is 0.444 e. The Balaban J connectivity index is 2.53. The van der Waals surface area contributed by atoms with Gasteiger partial charge in [0.15, 0.2) is 20.7 Å². The van der Waals surface area contributed by atoms with E-state index in [-0.39, 0.29) is 28.0 Å². The number of nitrogens with zero attached hydrogens (tertiary/aromatic N) is 4. The smallest absolute Gasteiger partial charge is 0.413 e. The lowest BCUT2D eigenvalue weighted by Gasteiger charge is -2.19. The van der Waals surface area contributed by atoms with E-state index in [0.29, 0.717) is 4.68 Å². The average Bonchev–Trinajstić information content (AvgIpc) is 3.10. The second-order valence-corrected chi connectivity index (χ2v) is 8.86. The van der Waals surface area contributed by atoms with Gasteiger partial charge in [0.1, 0.15) is 11.4 Å². The maximum Gasteiger partial charge on any atom is 0.413 e.